The Morgan fingerprint density at radius 1 is 1.10 bits per heavy atom. The molecular formula is C24H35N5O2. The Bertz CT molecular complexity index is 846. The Morgan fingerprint density at radius 3 is 2.74 bits per heavy atom. The van der Waals surface area contributed by atoms with E-state index in [1.54, 1.807) is 13.2 Å². The summed E-state index contributed by atoms with van der Waals surface area (Å²) in [5.41, 5.74) is 1.90. The molecule has 2 saturated heterocycles. The summed E-state index contributed by atoms with van der Waals surface area (Å²) in [6.45, 7) is 7.19. The van der Waals surface area contributed by atoms with Crippen molar-refractivity contribution in [2.45, 2.75) is 44.7 Å². The Morgan fingerprint density at radius 2 is 1.90 bits per heavy atom. The van der Waals surface area contributed by atoms with Crippen LogP contribution < -0.4 is 10.1 Å². The maximum absolute atomic E-state index is 11.8. The maximum Gasteiger partial charge on any atom is 0.254 e. The van der Waals surface area contributed by atoms with Gasteiger partial charge in [-0.1, -0.05) is 18.2 Å². The largest absolute Gasteiger partial charge is 0.492 e. The molecule has 0 saturated carbocycles. The van der Waals surface area contributed by atoms with Crippen LogP contribution in [0.15, 0.2) is 36.7 Å². The van der Waals surface area contributed by atoms with Gasteiger partial charge in [-0.15, -0.1) is 0 Å². The summed E-state index contributed by atoms with van der Waals surface area (Å²) in [7, 11) is 1.65. The monoisotopic (exact) mass is 425 g/mol. The van der Waals surface area contributed by atoms with Gasteiger partial charge in [-0.2, -0.15) is 5.10 Å². The molecule has 2 aliphatic rings. The zero-order valence-corrected chi connectivity index (χ0v) is 18.6. The predicted molar refractivity (Wildman–Crippen MR) is 121 cm³/mol. The number of hydrogen-bond donors (Lipinski definition) is 1. The molecule has 31 heavy (non-hydrogen) atoms. The molecule has 0 unspecified atom stereocenters. The average Bonchev–Trinajstić information content (AvgIpc) is 3.44. The molecule has 1 amide bonds. The van der Waals surface area contributed by atoms with Gasteiger partial charge in [0.05, 0.1) is 17.8 Å². The second kappa shape index (κ2) is 10.8. The lowest BCUT2D eigenvalue weighted by Crippen LogP contribution is -2.26. The van der Waals surface area contributed by atoms with Crippen LogP contribution in [-0.2, 0) is 6.54 Å². The molecule has 1 aromatic carbocycles. The highest BCUT2D eigenvalue weighted by atomic mass is 16.5. The number of amides is 1. The summed E-state index contributed by atoms with van der Waals surface area (Å²) in [5, 5.41) is 7.12. The topological polar surface area (TPSA) is 62.6 Å². The molecule has 2 aromatic rings. The normalized spacial score (nSPS) is 20.5. The van der Waals surface area contributed by atoms with E-state index < -0.39 is 0 Å². The van der Waals surface area contributed by atoms with Gasteiger partial charge < -0.3 is 10.1 Å². The lowest BCUT2D eigenvalue weighted by molar-refractivity contribution is 0.0963. The Hall–Kier alpha value is -2.38. The molecule has 1 aromatic heterocycles. The van der Waals surface area contributed by atoms with Gasteiger partial charge >= 0.3 is 0 Å². The van der Waals surface area contributed by atoms with Gasteiger partial charge in [0.25, 0.3) is 5.91 Å². The Kier molecular flexibility index (Phi) is 7.59. The number of rotatable bonds is 8. The van der Waals surface area contributed by atoms with Crippen LogP contribution in [0.2, 0.25) is 0 Å². The highest BCUT2D eigenvalue weighted by Gasteiger charge is 2.21. The number of hydrogen-bond acceptors (Lipinski definition) is 5. The number of para-hydroxylation sites is 1. The molecule has 7 nitrogen and oxygen atoms in total. The fourth-order valence-corrected chi connectivity index (χ4v) is 4.67. The molecule has 0 spiro atoms. The van der Waals surface area contributed by atoms with E-state index in [-0.39, 0.29) is 5.91 Å². The number of nitrogens with zero attached hydrogens (tertiary/aromatic N) is 4. The van der Waals surface area contributed by atoms with Crippen molar-refractivity contribution >= 4 is 5.91 Å². The van der Waals surface area contributed by atoms with Gasteiger partial charge in [-0.05, 0) is 57.8 Å². The molecule has 0 bridgehead atoms. The minimum atomic E-state index is -0.0807. The summed E-state index contributed by atoms with van der Waals surface area (Å²) in [4.78, 5) is 16.8. The quantitative estimate of drug-likeness (QED) is 0.705. The van der Waals surface area contributed by atoms with E-state index in [2.05, 4.69) is 44.5 Å². The smallest absolute Gasteiger partial charge is 0.254 e. The number of nitrogens with one attached hydrogen (secondary N) is 1. The van der Waals surface area contributed by atoms with Crippen LogP contribution in [0.4, 0.5) is 0 Å². The standard InChI is InChI=1S/C24H35N5O2/c1-25-24(30)21-17-26-29(19-21)22-8-6-13-28(14-10-22)18-20-7-2-3-9-23(20)31-16-15-27-11-4-5-12-27/h2-3,7,9,17,19,22H,4-6,8,10-16,18H2,1H3,(H,25,30)/t22-/m0/s1. The molecule has 1 N–H and O–H groups in total. The van der Waals surface area contributed by atoms with E-state index in [0.29, 0.717) is 11.6 Å². The second-order valence-corrected chi connectivity index (χ2v) is 8.65. The Labute approximate surface area is 185 Å². The summed E-state index contributed by atoms with van der Waals surface area (Å²) in [6.07, 6.45) is 9.42. The molecular weight excluding hydrogens is 390 g/mol. The highest BCUT2D eigenvalue weighted by molar-refractivity contribution is 5.93. The molecule has 168 valence electrons. The fraction of sp³-hybridized carbons (Fsp3) is 0.583. The molecule has 0 radical (unpaired) electrons. The zero-order valence-electron chi connectivity index (χ0n) is 18.6. The second-order valence-electron chi connectivity index (χ2n) is 8.65. The zero-order chi connectivity index (χ0) is 21.5. The van der Waals surface area contributed by atoms with Crippen molar-refractivity contribution in [1.82, 2.24) is 24.9 Å². The van der Waals surface area contributed by atoms with Crippen molar-refractivity contribution in [3.05, 3.63) is 47.8 Å². The predicted octanol–water partition coefficient (Wildman–Crippen LogP) is 2.94. The number of ether oxygens (including phenoxy) is 1. The third-order valence-corrected chi connectivity index (χ3v) is 6.49. The van der Waals surface area contributed by atoms with Crippen molar-refractivity contribution in [2.75, 3.05) is 46.4 Å². The fourth-order valence-electron chi connectivity index (χ4n) is 4.67. The lowest BCUT2D eigenvalue weighted by Gasteiger charge is -2.22. The number of aromatic nitrogens is 2. The minimum Gasteiger partial charge on any atom is -0.492 e. The Balaban J connectivity index is 1.31. The third kappa shape index (κ3) is 5.86. The van der Waals surface area contributed by atoms with E-state index >= 15 is 0 Å². The molecule has 3 heterocycles. The van der Waals surface area contributed by atoms with Crippen LogP contribution in [-0.4, -0.2) is 71.9 Å². The number of benzene rings is 1. The molecule has 2 aliphatic heterocycles. The van der Waals surface area contributed by atoms with Crippen molar-refractivity contribution in [3.63, 3.8) is 0 Å². The molecule has 2 fully saturated rings. The average molecular weight is 426 g/mol. The van der Waals surface area contributed by atoms with Crippen molar-refractivity contribution < 1.29 is 9.53 Å². The maximum atomic E-state index is 11.8. The highest BCUT2D eigenvalue weighted by Crippen LogP contribution is 2.26. The van der Waals surface area contributed by atoms with Crippen LogP contribution in [0, 0.1) is 0 Å². The van der Waals surface area contributed by atoms with Crippen molar-refractivity contribution in [1.29, 1.82) is 0 Å². The van der Waals surface area contributed by atoms with E-state index in [4.69, 9.17) is 4.74 Å². The van der Waals surface area contributed by atoms with Gasteiger partial charge in [0, 0.05) is 38.4 Å². The van der Waals surface area contributed by atoms with Gasteiger partial charge in [0.15, 0.2) is 0 Å². The van der Waals surface area contributed by atoms with Crippen LogP contribution in [0.3, 0.4) is 0 Å². The van der Waals surface area contributed by atoms with E-state index in [1.807, 2.05) is 10.9 Å². The molecule has 1 atom stereocenters. The van der Waals surface area contributed by atoms with E-state index in [1.165, 1.54) is 31.5 Å². The molecule has 7 heteroatoms. The first kappa shape index (κ1) is 21.8. The van der Waals surface area contributed by atoms with Gasteiger partial charge in [0.2, 0.25) is 0 Å². The van der Waals surface area contributed by atoms with Crippen LogP contribution >= 0.6 is 0 Å². The van der Waals surface area contributed by atoms with E-state index in [9.17, 15) is 4.79 Å². The van der Waals surface area contributed by atoms with Gasteiger partial charge in [-0.25, -0.2) is 0 Å². The summed E-state index contributed by atoms with van der Waals surface area (Å²) in [6, 6.07) is 8.80. The molecule has 0 aliphatic carbocycles. The number of carbonyl (C=O) groups is 1. The lowest BCUT2D eigenvalue weighted by atomic mass is 10.1. The van der Waals surface area contributed by atoms with Gasteiger partial charge in [0.1, 0.15) is 12.4 Å². The van der Waals surface area contributed by atoms with Crippen LogP contribution in [0.1, 0.15) is 54.1 Å². The first-order valence-electron chi connectivity index (χ1n) is 11.6. The third-order valence-electron chi connectivity index (χ3n) is 6.49. The van der Waals surface area contributed by atoms with E-state index in [0.717, 1.165) is 57.8 Å². The van der Waals surface area contributed by atoms with Crippen LogP contribution in [0.5, 0.6) is 5.75 Å². The number of carbonyl (C=O) groups excluding carboxylic acids is 1. The van der Waals surface area contributed by atoms with Crippen molar-refractivity contribution in [2.24, 2.45) is 0 Å². The first-order valence-corrected chi connectivity index (χ1v) is 11.6. The van der Waals surface area contributed by atoms with Crippen molar-refractivity contribution in [3.8, 4) is 5.75 Å². The molecule has 4 rings (SSSR count). The van der Waals surface area contributed by atoms with Gasteiger partial charge in [-0.3, -0.25) is 19.3 Å². The summed E-state index contributed by atoms with van der Waals surface area (Å²) < 4.78 is 8.15. The summed E-state index contributed by atoms with van der Waals surface area (Å²) >= 11 is 0. The summed E-state index contributed by atoms with van der Waals surface area (Å²) in [5.74, 6) is 0.938. The number of likely N-dealkylation sites (tertiary alicyclic amines) is 2. The minimum absolute atomic E-state index is 0.0807. The SMILES string of the molecule is CNC(=O)c1cnn([C@H]2CCCN(Cc3ccccc3OCCN3CCCC3)CC2)c1. The van der Waals surface area contributed by atoms with Crippen LogP contribution in [0.25, 0.3) is 0 Å². The first-order chi connectivity index (χ1) is 15.2.